The number of benzene rings is 11. The largest absolute Gasteiger partial charge is 0.456 e. The standard InChI is InChI=1S/C62H40N2O/c1-2-16-53-43(11-1)23-24-48-37-46(29-35-54(48)53)45-13-10-14-51(39-45)63(50-33-27-42(28-34-50)47-30-36-58-57-19-5-8-22-61(57)65-62(58)40-47)49-31-25-41(26-32-49)44-12-9-15-52(38-44)64-59-20-6-3-17-55(59)56-18-4-7-21-60(56)64/h1-40H. The molecular weight excluding hydrogens is 789 g/mol. The molecule has 0 N–H and O–H groups in total. The normalized spacial score (nSPS) is 11.7. The van der Waals surface area contributed by atoms with Gasteiger partial charge in [-0.2, -0.15) is 0 Å². The summed E-state index contributed by atoms with van der Waals surface area (Å²) in [5, 5.41) is 9.83. The first kappa shape index (κ1) is 36.9. The summed E-state index contributed by atoms with van der Waals surface area (Å²) in [6, 6.07) is 87.8. The van der Waals surface area contributed by atoms with E-state index in [1.165, 1.54) is 54.5 Å². The van der Waals surface area contributed by atoms with Crippen molar-refractivity contribution in [2.24, 2.45) is 0 Å². The van der Waals surface area contributed by atoms with Gasteiger partial charge in [-0.25, -0.2) is 0 Å². The Bertz CT molecular complexity index is 3900. The van der Waals surface area contributed by atoms with Gasteiger partial charge in [0, 0.05) is 44.3 Å². The van der Waals surface area contributed by atoms with E-state index in [0.29, 0.717) is 0 Å². The van der Waals surface area contributed by atoms with Gasteiger partial charge in [0.1, 0.15) is 11.2 Å². The third kappa shape index (κ3) is 6.28. The molecule has 0 fully saturated rings. The average Bonchev–Trinajstić information content (AvgIpc) is 3.92. The summed E-state index contributed by atoms with van der Waals surface area (Å²) >= 11 is 0. The van der Waals surface area contributed by atoms with Crippen molar-refractivity contribution in [3.63, 3.8) is 0 Å². The number of para-hydroxylation sites is 3. The van der Waals surface area contributed by atoms with E-state index in [1.54, 1.807) is 0 Å². The molecule has 0 spiro atoms. The molecule has 0 atom stereocenters. The summed E-state index contributed by atoms with van der Waals surface area (Å²) in [7, 11) is 0. The highest BCUT2D eigenvalue weighted by Gasteiger charge is 2.17. The number of nitrogens with zero attached hydrogens (tertiary/aromatic N) is 2. The van der Waals surface area contributed by atoms with Crippen LogP contribution in [0.5, 0.6) is 0 Å². The molecule has 3 nitrogen and oxygen atoms in total. The van der Waals surface area contributed by atoms with Crippen molar-refractivity contribution >= 4 is 82.4 Å². The predicted molar refractivity (Wildman–Crippen MR) is 274 cm³/mol. The number of hydrogen-bond donors (Lipinski definition) is 0. The maximum Gasteiger partial charge on any atom is 0.136 e. The lowest BCUT2D eigenvalue weighted by atomic mass is 9.97. The van der Waals surface area contributed by atoms with Crippen LogP contribution >= 0.6 is 0 Å². The van der Waals surface area contributed by atoms with Crippen molar-refractivity contribution in [2.75, 3.05) is 4.90 Å². The topological polar surface area (TPSA) is 21.3 Å². The molecule has 3 heteroatoms. The third-order valence-electron chi connectivity index (χ3n) is 13.2. The van der Waals surface area contributed by atoms with Crippen LogP contribution in [0.15, 0.2) is 247 Å². The van der Waals surface area contributed by atoms with Crippen LogP contribution in [-0.2, 0) is 0 Å². The van der Waals surface area contributed by atoms with Gasteiger partial charge in [-0.05, 0) is 140 Å². The SMILES string of the molecule is c1cc(-c2ccc3c(ccc4ccccc43)c2)cc(N(c2ccc(-c3cccc(-n4c5ccccc5c5ccccc54)c3)cc2)c2ccc(-c3ccc4c(c3)oc3ccccc34)cc2)c1. The van der Waals surface area contributed by atoms with E-state index in [4.69, 9.17) is 4.42 Å². The fourth-order valence-electron chi connectivity index (χ4n) is 10.0. The maximum atomic E-state index is 6.27. The summed E-state index contributed by atoms with van der Waals surface area (Å²) in [6.07, 6.45) is 0. The molecule has 2 aromatic heterocycles. The molecule has 0 unspecified atom stereocenters. The van der Waals surface area contributed by atoms with E-state index in [-0.39, 0.29) is 0 Å². The zero-order valence-electron chi connectivity index (χ0n) is 35.4. The van der Waals surface area contributed by atoms with Gasteiger partial charge >= 0.3 is 0 Å². The number of furan rings is 1. The highest BCUT2D eigenvalue weighted by atomic mass is 16.3. The van der Waals surface area contributed by atoms with Crippen molar-refractivity contribution in [1.29, 1.82) is 0 Å². The van der Waals surface area contributed by atoms with Crippen molar-refractivity contribution in [3.8, 4) is 39.1 Å². The molecule has 0 aliphatic heterocycles. The second-order valence-corrected chi connectivity index (χ2v) is 16.9. The minimum absolute atomic E-state index is 0.897. The molecule has 0 saturated carbocycles. The van der Waals surface area contributed by atoms with Gasteiger partial charge in [0.05, 0.1) is 11.0 Å². The molecule has 304 valence electrons. The maximum absolute atomic E-state index is 6.27. The summed E-state index contributed by atoms with van der Waals surface area (Å²) in [5.74, 6) is 0. The smallest absolute Gasteiger partial charge is 0.136 e. The lowest BCUT2D eigenvalue weighted by molar-refractivity contribution is 0.669. The van der Waals surface area contributed by atoms with Crippen LogP contribution in [0, 0.1) is 0 Å². The van der Waals surface area contributed by atoms with E-state index >= 15 is 0 Å². The first-order chi connectivity index (χ1) is 32.2. The average molecular weight is 829 g/mol. The number of rotatable bonds is 7. The van der Waals surface area contributed by atoms with Crippen molar-refractivity contribution < 1.29 is 4.42 Å². The Kier molecular flexibility index (Phi) is 8.53. The van der Waals surface area contributed by atoms with Crippen LogP contribution < -0.4 is 4.90 Å². The number of anilines is 3. The van der Waals surface area contributed by atoms with E-state index in [9.17, 15) is 0 Å². The Morgan fingerprint density at radius 2 is 0.785 bits per heavy atom. The Labute approximate surface area is 376 Å². The second kappa shape index (κ2) is 15.0. The van der Waals surface area contributed by atoms with Crippen molar-refractivity contribution in [3.05, 3.63) is 243 Å². The molecule has 0 aliphatic rings. The molecule has 2 heterocycles. The van der Waals surface area contributed by atoms with Crippen LogP contribution in [0.2, 0.25) is 0 Å². The summed E-state index contributed by atoms with van der Waals surface area (Å²) in [4.78, 5) is 2.36. The van der Waals surface area contributed by atoms with E-state index < -0.39 is 0 Å². The molecule has 0 saturated heterocycles. The molecule has 0 amide bonds. The minimum atomic E-state index is 0.897. The molecular formula is C62H40N2O. The Balaban J connectivity index is 0.890. The zero-order valence-corrected chi connectivity index (χ0v) is 35.4. The zero-order chi connectivity index (χ0) is 42.8. The van der Waals surface area contributed by atoms with Crippen molar-refractivity contribution in [2.45, 2.75) is 0 Å². The monoisotopic (exact) mass is 828 g/mol. The Hall–Kier alpha value is -8.66. The predicted octanol–water partition coefficient (Wildman–Crippen LogP) is 17.5. The first-order valence-corrected chi connectivity index (χ1v) is 22.2. The van der Waals surface area contributed by atoms with E-state index in [2.05, 4.69) is 240 Å². The molecule has 11 aromatic carbocycles. The Morgan fingerprint density at radius 3 is 1.51 bits per heavy atom. The van der Waals surface area contributed by atoms with Gasteiger partial charge in [0.25, 0.3) is 0 Å². The highest BCUT2D eigenvalue weighted by Crippen LogP contribution is 2.41. The van der Waals surface area contributed by atoms with E-state index in [1.807, 2.05) is 12.1 Å². The number of fused-ring (bicyclic) bond motifs is 9. The van der Waals surface area contributed by atoms with Crippen LogP contribution in [-0.4, -0.2) is 4.57 Å². The van der Waals surface area contributed by atoms with Crippen LogP contribution in [0.4, 0.5) is 17.1 Å². The third-order valence-corrected chi connectivity index (χ3v) is 13.2. The number of hydrogen-bond acceptors (Lipinski definition) is 2. The van der Waals surface area contributed by atoms with Gasteiger partial charge in [0.2, 0.25) is 0 Å². The van der Waals surface area contributed by atoms with Crippen LogP contribution in [0.1, 0.15) is 0 Å². The quantitative estimate of drug-likeness (QED) is 0.149. The van der Waals surface area contributed by atoms with Gasteiger partial charge < -0.3 is 13.9 Å². The van der Waals surface area contributed by atoms with E-state index in [0.717, 1.165) is 66.9 Å². The molecule has 13 aromatic rings. The first-order valence-electron chi connectivity index (χ1n) is 22.2. The summed E-state index contributed by atoms with van der Waals surface area (Å²) < 4.78 is 8.66. The lowest BCUT2D eigenvalue weighted by Crippen LogP contribution is -2.10. The minimum Gasteiger partial charge on any atom is -0.456 e. The number of aromatic nitrogens is 1. The van der Waals surface area contributed by atoms with Crippen molar-refractivity contribution in [1.82, 2.24) is 4.57 Å². The second-order valence-electron chi connectivity index (χ2n) is 16.9. The van der Waals surface area contributed by atoms with Gasteiger partial charge in [-0.15, -0.1) is 0 Å². The van der Waals surface area contributed by atoms with Crippen LogP contribution in [0.25, 0.3) is 104 Å². The summed E-state index contributed by atoms with van der Waals surface area (Å²) in [6.45, 7) is 0. The lowest BCUT2D eigenvalue weighted by Gasteiger charge is -2.26. The van der Waals surface area contributed by atoms with Gasteiger partial charge in [-0.1, -0.05) is 158 Å². The van der Waals surface area contributed by atoms with Gasteiger partial charge in [-0.3, -0.25) is 0 Å². The van der Waals surface area contributed by atoms with Gasteiger partial charge in [0.15, 0.2) is 0 Å². The molecule has 13 rings (SSSR count). The molecule has 0 radical (unpaired) electrons. The molecule has 0 bridgehead atoms. The molecule has 65 heavy (non-hydrogen) atoms. The highest BCUT2D eigenvalue weighted by molar-refractivity contribution is 6.10. The molecule has 0 aliphatic carbocycles. The fourth-order valence-corrected chi connectivity index (χ4v) is 10.0. The fraction of sp³-hybridized carbons (Fsp3) is 0. The Morgan fingerprint density at radius 1 is 0.277 bits per heavy atom. The summed E-state index contributed by atoms with van der Waals surface area (Å²) in [5.41, 5.74) is 15.5. The van der Waals surface area contributed by atoms with Crippen LogP contribution in [0.3, 0.4) is 0 Å².